The van der Waals surface area contributed by atoms with Crippen molar-refractivity contribution in [2.75, 3.05) is 0 Å². The number of rotatable bonds is 4. The third-order valence-electron chi connectivity index (χ3n) is 2.71. The zero-order valence-corrected chi connectivity index (χ0v) is 12.3. The average molecular weight is 320 g/mol. The zero-order valence-electron chi connectivity index (χ0n) is 10.7. The maximum absolute atomic E-state index is 11.9. The van der Waals surface area contributed by atoms with Crippen molar-refractivity contribution >= 4 is 28.8 Å². The molecule has 0 radical (unpaired) electrons. The molecule has 2 heterocycles. The molecule has 0 unspecified atom stereocenters. The lowest BCUT2D eigenvalue weighted by molar-refractivity contribution is 0.0947. The van der Waals surface area contributed by atoms with Crippen LogP contribution in [-0.4, -0.2) is 16.1 Å². The molecule has 0 atom stereocenters. The maximum atomic E-state index is 11.9. The quantitative estimate of drug-likeness (QED) is 0.800. The minimum absolute atomic E-state index is 0.180. The van der Waals surface area contributed by atoms with Crippen molar-refractivity contribution < 1.29 is 9.21 Å². The maximum Gasteiger partial charge on any atom is 0.257 e. The van der Waals surface area contributed by atoms with E-state index in [0.717, 1.165) is 4.88 Å². The number of nitrogens with one attached hydrogen (secondary N) is 1. The summed E-state index contributed by atoms with van der Waals surface area (Å²) in [6.45, 7) is 0.180. The highest BCUT2D eigenvalue weighted by Gasteiger charge is 2.11. The van der Waals surface area contributed by atoms with Gasteiger partial charge in [-0.2, -0.15) is 0 Å². The van der Waals surface area contributed by atoms with Crippen LogP contribution >= 0.6 is 22.9 Å². The van der Waals surface area contributed by atoms with Crippen LogP contribution in [0.5, 0.6) is 0 Å². The molecule has 0 aliphatic heterocycles. The molecule has 0 aliphatic carbocycles. The molecule has 106 valence electrons. The topological polar surface area (TPSA) is 68.0 Å². The first kappa shape index (κ1) is 13.8. The van der Waals surface area contributed by atoms with Gasteiger partial charge < -0.3 is 9.73 Å². The smallest absolute Gasteiger partial charge is 0.257 e. The minimum atomic E-state index is -0.220. The molecule has 7 heteroatoms. The second kappa shape index (κ2) is 6.07. The fraction of sp³-hybridized carbons (Fsp3) is 0.0714. The third kappa shape index (κ3) is 3.29. The van der Waals surface area contributed by atoms with E-state index in [4.69, 9.17) is 16.0 Å². The first-order chi connectivity index (χ1) is 10.2. The number of hydrogen-bond donors (Lipinski definition) is 1. The predicted molar refractivity (Wildman–Crippen MR) is 80.2 cm³/mol. The molecule has 1 N–H and O–H groups in total. The van der Waals surface area contributed by atoms with Crippen LogP contribution in [0.1, 0.15) is 16.2 Å². The van der Waals surface area contributed by atoms with Gasteiger partial charge in [-0.3, -0.25) is 4.79 Å². The summed E-state index contributed by atoms with van der Waals surface area (Å²) in [5.41, 5.74) is 0.525. The van der Waals surface area contributed by atoms with Crippen LogP contribution in [-0.2, 0) is 6.54 Å². The molecule has 3 aromatic rings. The number of hydrogen-bond acceptors (Lipinski definition) is 5. The normalized spacial score (nSPS) is 10.5. The van der Waals surface area contributed by atoms with Crippen LogP contribution in [0, 0.1) is 0 Å². The molecule has 0 spiro atoms. The largest absolute Gasteiger partial charge is 0.418 e. The molecular formula is C14H10ClN3O2S. The van der Waals surface area contributed by atoms with E-state index >= 15 is 0 Å². The Morgan fingerprint density at radius 3 is 2.76 bits per heavy atom. The number of aromatic nitrogens is 2. The van der Waals surface area contributed by atoms with Crippen LogP contribution in [0.4, 0.5) is 0 Å². The molecule has 0 fully saturated rings. The van der Waals surface area contributed by atoms with Crippen LogP contribution in [0.15, 0.2) is 46.2 Å². The second-order valence-corrected chi connectivity index (χ2v) is 5.55. The van der Waals surface area contributed by atoms with Gasteiger partial charge >= 0.3 is 0 Å². The molecule has 0 bridgehead atoms. The van der Waals surface area contributed by atoms with Gasteiger partial charge in [0.05, 0.1) is 11.4 Å². The van der Waals surface area contributed by atoms with Gasteiger partial charge in [-0.05, 0) is 35.7 Å². The number of halogens is 1. The van der Waals surface area contributed by atoms with E-state index in [1.807, 2.05) is 17.5 Å². The summed E-state index contributed by atoms with van der Waals surface area (Å²) in [5.74, 6) is 0.601. The number of nitrogens with zero attached hydrogens (tertiary/aromatic N) is 2. The Labute approximate surface area is 129 Å². The van der Waals surface area contributed by atoms with Crippen LogP contribution < -0.4 is 5.32 Å². The van der Waals surface area contributed by atoms with E-state index in [2.05, 4.69) is 15.5 Å². The highest BCUT2D eigenvalue weighted by molar-refractivity contribution is 7.13. The molecule has 0 aliphatic rings. The molecule has 0 saturated carbocycles. The van der Waals surface area contributed by atoms with Gasteiger partial charge in [0.15, 0.2) is 0 Å². The summed E-state index contributed by atoms with van der Waals surface area (Å²) < 4.78 is 5.49. The first-order valence-electron chi connectivity index (χ1n) is 6.12. The van der Waals surface area contributed by atoms with E-state index < -0.39 is 0 Å². The molecule has 2 aromatic heterocycles. The summed E-state index contributed by atoms with van der Waals surface area (Å²) >= 11 is 7.29. The van der Waals surface area contributed by atoms with Gasteiger partial charge in [0.2, 0.25) is 5.89 Å². The summed E-state index contributed by atoms with van der Waals surface area (Å²) in [6.07, 6.45) is 0. The second-order valence-electron chi connectivity index (χ2n) is 4.17. The summed E-state index contributed by atoms with van der Waals surface area (Å²) in [7, 11) is 0. The molecule has 5 nitrogen and oxygen atoms in total. The Kier molecular flexibility index (Phi) is 3.98. The van der Waals surface area contributed by atoms with Crippen LogP contribution in [0.2, 0.25) is 5.02 Å². The number of carbonyl (C=O) groups excluding carboxylic acids is 1. The van der Waals surface area contributed by atoms with E-state index in [0.29, 0.717) is 22.4 Å². The average Bonchev–Trinajstić information content (AvgIpc) is 3.16. The fourth-order valence-electron chi connectivity index (χ4n) is 1.68. The Morgan fingerprint density at radius 1 is 1.24 bits per heavy atom. The fourth-order valence-corrected chi connectivity index (χ4v) is 2.45. The lowest BCUT2D eigenvalue weighted by Gasteiger charge is -2.02. The van der Waals surface area contributed by atoms with Crippen molar-refractivity contribution in [1.82, 2.24) is 15.5 Å². The Bertz CT molecular complexity index is 738. The Balaban J connectivity index is 1.62. The van der Waals surface area contributed by atoms with Gasteiger partial charge in [0.25, 0.3) is 11.8 Å². The Hall–Kier alpha value is -2.18. The zero-order chi connectivity index (χ0) is 14.7. The molecule has 3 rings (SSSR count). The molecular weight excluding hydrogens is 310 g/mol. The predicted octanol–water partition coefficient (Wildman–Crippen LogP) is 3.38. The van der Waals surface area contributed by atoms with Crippen LogP contribution in [0.25, 0.3) is 10.8 Å². The van der Waals surface area contributed by atoms with Crippen molar-refractivity contribution in [3.05, 3.63) is 58.3 Å². The van der Waals surface area contributed by atoms with Crippen molar-refractivity contribution in [2.45, 2.75) is 6.54 Å². The monoisotopic (exact) mass is 319 g/mol. The number of carbonyl (C=O) groups is 1. The van der Waals surface area contributed by atoms with E-state index in [9.17, 15) is 4.79 Å². The lowest BCUT2D eigenvalue weighted by Crippen LogP contribution is -2.22. The number of benzene rings is 1. The van der Waals surface area contributed by atoms with Crippen LogP contribution in [0.3, 0.4) is 0 Å². The van der Waals surface area contributed by atoms with Crippen molar-refractivity contribution in [2.24, 2.45) is 0 Å². The summed E-state index contributed by atoms with van der Waals surface area (Å²) in [4.78, 5) is 12.8. The number of amides is 1. The van der Waals surface area contributed by atoms with E-state index in [-0.39, 0.29) is 12.5 Å². The van der Waals surface area contributed by atoms with Crippen molar-refractivity contribution in [3.63, 3.8) is 0 Å². The SMILES string of the molecule is O=C(NCc1nnc(-c2cccs2)o1)c1ccc(Cl)cc1. The Morgan fingerprint density at radius 2 is 2.05 bits per heavy atom. The van der Waals surface area contributed by atoms with Crippen molar-refractivity contribution in [3.8, 4) is 10.8 Å². The van der Waals surface area contributed by atoms with Gasteiger partial charge in [0.1, 0.15) is 0 Å². The summed E-state index contributed by atoms with van der Waals surface area (Å²) in [5, 5.41) is 13.1. The highest BCUT2D eigenvalue weighted by Crippen LogP contribution is 2.22. The van der Waals surface area contributed by atoms with Gasteiger partial charge in [-0.25, -0.2) is 0 Å². The minimum Gasteiger partial charge on any atom is -0.418 e. The molecule has 1 aromatic carbocycles. The van der Waals surface area contributed by atoms with E-state index in [1.54, 1.807) is 24.3 Å². The number of thiophene rings is 1. The van der Waals surface area contributed by atoms with Gasteiger partial charge in [0, 0.05) is 10.6 Å². The van der Waals surface area contributed by atoms with Gasteiger partial charge in [-0.1, -0.05) is 17.7 Å². The first-order valence-corrected chi connectivity index (χ1v) is 7.38. The van der Waals surface area contributed by atoms with E-state index in [1.165, 1.54) is 11.3 Å². The molecule has 1 amide bonds. The standard InChI is InChI=1S/C14H10ClN3O2S/c15-10-5-3-9(4-6-10)13(19)16-8-12-17-18-14(20-12)11-2-1-7-21-11/h1-7H,8H2,(H,16,19). The van der Waals surface area contributed by atoms with Gasteiger partial charge in [-0.15, -0.1) is 21.5 Å². The molecule has 0 saturated heterocycles. The molecule has 21 heavy (non-hydrogen) atoms. The van der Waals surface area contributed by atoms with Crippen molar-refractivity contribution in [1.29, 1.82) is 0 Å². The highest BCUT2D eigenvalue weighted by atomic mass is 35.5. The lowest BCUT2D eigenvalue weighted by atomic mass is 10.2. The summed E-state index contributed by atoms with van der Waals surface area (Å²) in [6, 6.07) is 10.4. The third-order valence-corrected chi connectivity index (χ3v) is 3.82.